The highest BCUT2D eigenvalue weighted by Gasteiger charge is 2.39. The fourth-order valence-electron chi connectivity index (χ4n) is 2.38. The molecule has 1 saturated heterocycles. The van der Waals surface area contributed by atoms with Crippen LogP contribution in [0.5, 0.6) is 0 Å². The second-order valence-corrected chi connectivity index (χ2v) is 7.80. The Hall–Kier alpha value is -0.870. The number of rotatable bonds is 1. The van der Waals surface area contributed by atoms with Crippen molar-refractivity contribution in [3.8, 4) is 0 Å². The Morgan fingerprint density at radius 3 is 2.50 bits per heavy atom. The maximum Gasteiger partial charge on any atom is 0.233 e. The molecular formula is C16H23BrN2O. The van der Waals surface area contributed by atoms with E-state index in [2.05, 4.69) is 35.1 Å². The van der Waals surface area contributed by atoms with E-state index in [1.807, 2.05) is 43.9 Å². The van der Waals surface area contributed by atoms with Gasteiger partial charge in [0.2, 0.25) is 5.91 Å². The third-order valence-corrected chi connectivity index (χ3v) is 4.71. The largest absolute Gasteiger partial charge is 0.310 e. The van der Waals surface area contributed by atoms with Crippen molar-refractivity contribution in [1.29, 1.82) is 0 Å². The first-order chi connectivity index (χ1) is 9.12. The van der Waals surface area contributed by atoms with Gasteiger partial charge in [0.15, 0.2) is 0 Å². The molecule has 1 N–H and O–H groups in total. The molecule has 1 aromatic carbocycles. The van der Waals surface area contributed by atoms with Crippen LogP contribution >= 0.6 is 15.9 Å². The first kappa shape index (κ1) is 15.5. The van der Waals surface area contributed by atoms with Crippen LogP contribution in [-0.2, 0) is 4.79 Å². The molecule has 1 aromatic rings. The summed E-state index contributed by atoms with van der Waals surface area (Å²) >= 11 is 3.56. The fourth-order valence-corrected chi connectivity index (χ4v) is 2.75. The van der Waals surface area contributed by atoms with Gasteiger partial charge < -0.3 is 10.2 Å². The number of aryl methyl sites for hydroxylation is 1. The topological polar surface area (TPSA) is 32.3 Å². The molecule has 3 nitrogen and oxygen atoms in total. The summed E-state index contributed by atoms with van der Waals surface area (Å²) in [5.41, 5.74) is 1.64. The molecule has 2 rings (SSSR count). The molecule has 1 aliphatic rings. The molecule has 1 heterocycles. The Balaban J connectivity index is 2.44. The summed E-state index contributed by atoms with van der Waals surface area (Å²) in [6, 6.07) is 6.10. The van der Waals surface area contributed by atoms with E-state index in [1.54, 1.807) is 0 Å². The highest BCUT2D eigenvalue weighted by molar-refractivity contribution is 9.10. The number of anilines is 1. The van der Waals surface area contributed by atoms with E-state index >= 15 is 0 Å². The normalized spacial score (nSPS) is 21.7. The molecule has 20 heavy (non-hydrogen) atoms. The fraction of sp³-hybridized carbons (Fsp3) is 0.562. The zero-order chi connectivity index (χ0) is 15.1. The van der Waals surface area contributed by atoms with Crippen LogP contribution in [0.1, 0.15) is 33.3 Å². The molecule has 110 valence electrons. The summed E-state index contributed by atoms with van der Waals surface area (Å²) in [6.07, 6.45) is 0. The molecule has 0 unspecified atom stereocenters. The van der Waals surface area contributed by atoms with Crippen molar-refractivity contribution in [1.82, 2.24) is 5.32 Å². The lowest BCUT2D eigenvalue weighted by atomic mass is 9.91. The van der Waals surface area contributed by atoms with Gasteiger partial charge >= 0.3 is 0 Å². The van der Waals surface area contributed by atoms with Gasteiger partial charge in [-0.1, -0.05) is 22.0 Å². The van der Waals surface area contributed by atoms with Gasteiger partial charge in [0.05, 0.1) is 5.41 Å². The van der Waals surface area contributed by atoms with Crippen LogP contribution in [0.4, 0.5) is 5.69 Å². The summed E-state index contributed by atoms with van der Waals surface area (Å²) in [4.78, 5) is 14.7. The van der Waals surface area contributed by atoms with E-state index in [0.29, 0.717) is 13.1 Å². The highest BCUT2D eigenvalue weighted by atomic mass is 79.9. The molecule has 1 aliphatic heterocycles. The SMILES string of the molecule is Cc1ccc(N2CC(C)(C)NCC(C)(C)C2=O)cc1Br. The van der Waals surface area contributed by atoms with E-state index in [9.17, 15) is 4.79 Å². The van der Waals surface area contributed by atoms with Crippen LogP contribution in [-0.4, -0.2) is 24.5 Å². The van der Waals surface area contributed by atoms with Crippen LogP contribution in [0.15, 0.2) is 22.7 Å². The Bertz CT molecular complexity index is 537. The molecule has 0 aromatic heterocycles. The number of halogens is 1. The number of nitrogens with one attached hydrogen (secondary N) is 1. The van der Waals surface area contributed by atoms with E-state index in [-0.39, 0.29) is 11.4 Å². The molecule has 1 fully saturated rings. The molecular weight excluding hydrogens is 316 g/mol. The Morgan fingerprint density at radius 2 is 1.90 bits per heavy atom. The minimum atomic E-state index is -0.398. The minimum Gasteiger partial charge on any atom is -0.310 e. The lowest BCUT2D eigenvalue weighted by Gasteiger charge is -2.31. The van der Waals surface area contributed by atoms with Crippen LogP contribution in [0.25, 0.3) is 0 Å². The molecule has 0 radical (unpaired) electrons. The second-order valence-electron chi connectivity index (χ2n) is 6.95. The maximum absolute atomic E-state index is 12.8. The van der Waals surface area contributed by atoms with Crippen LogP contribution in [0.3, 0.4) is 0 Å². The summed E-state index contributed by atoms with van der Waals surface area (Å²) in [5, 5.41) is 3.49. The van der Waals surface area contributed by atoms with Gasteiger partial charge in [-0.05, 0) is 52.3 Å². The molecule has 0 spiro atoms. The molecule has 0 bridgehead atoms. The Labute approximate surface area is 129 Å². The van der Waals surface area contributed by atoms with E-state index in [1.165, 1.54) is 5.56 Å². The van der Waals surface area contributed by atoms with Crippen molar-refractivity contribution < 1.29 is 4.79 Å². The number of benzene rings is 1. The standard InChI is InChI=1S/C16H23BrN2O/c1-11-6-7-12(8-13(11)17)19-10-16(4,5)18-9-15(2,3)14(19)20/h6-8,18H,9-10H2,1-5H3. The zero-order valence-corrected chi connectivity index (χ0v) is 14.5. The third kappa shape index (κ3) is 3.07. The molecule has 0 atom stereocenters. The van der Waals surface area contributed by atoms with E-state index in [4.69, 9.17) is 0 Å². The smallest absolute Gasteiger partial charge is 0.233 e. The van der Waals surface area contributed by atoms with Gasteiger partial charge in [-0.2, -0.15) is 0 Å². The summed E-state index contributed by atoms with van der Waals surface area (Å²) < 4.78 is 1.04. The highest BCUT2D eigenvalue weighted by Crippen LogP contribution is 2.31. The van der Waals surface area contributed by atoms with Crippen LogP contribution < -0.4 is 10.2 Å². The van der Waals surface area contributed by atoms with Gasteiger partial charge in [-0.15, -0.1) is 0 Å². The number of amides is 1. The molecule has 4 heteroatoms. The summed E-state index contributed by atoms with van der Waals surface area (Å²) in [7, 11) is 0. The average molecular weight is 339 g/mol. The lowest BCUT2D eigenvalue weighted by molar-refractivity contribution is -0.125. The lowest BCUT2D eigenvalue weighted by Crippen LogP contribution is -2.47. The van der Waals surface area contributed by atoms with Crippen molar-refractivity contribution in [3.05, 3.63) is 28.2 Å². The summed E-state index contributed by atoms with van der Waals surface area (Å²) in [6.45, 7) is 11.7. The quantitative estimate of drug-likeness (QED) is 0.849. The van der Waals surface area contributed by atoms with Crippen LogP contribution in [0, 0.1) is 12.3 Å². The van der Waals surface area contributed by atoms with E-state index in [0.717, 1.165) is 10.2 Å². The van der Waals surface area contributed by atoms with Gasteiger partial charge in [-0.25, -0.2) is 0 Å². The maximum atomic E-state index is 12.8. The predicted molar refractivity (Wildman–Crippen MR) is 87.1 cm³/mol. The van der Waals surface area contributed by atoms with Crippen molar-refractivity contribution in [3.63, 3.8) is 0 Å². The predicted octanol–water partition coefficient (Wildman–Crippen LogP) is 3.50. The van der Waals surface area contributed by atoms with Crippen molar-refractivity contribution in [2.75, 3.05) is 18.0 Å². The molecule has 0 aliphatic carbocycles. The number of carbonyl (C=O) groups is 1. The summed E-state index contributed by atoms with van der Waals surface area (Å²) in [5.74, 6) is 0.173. The Kier molecular flexibility index (Phi) is 4.00. The molecule has 1 amide bonds. The minimum absolute atomic E-state index is 0.0964. The number of carbonyl (C=O) groups excluding carboxylic acids is 1. The van der Waals surface area contributed by atoms with Gasteiger partial charge in [0, 0.05) is 28.8 Å². The van der Waals surface area contributed by atoms with Gasteiger partial charge in [0.25, 0.3) is 0 Å². The van der Waals surface area contributed by atoms with Crippen molar-refractivity contribution in [2.24, 2.45) is 5.41 Å². The second kappa shape index (κ2) is 5.15. The number of hydrogen-bond donors (Lipinski definition) is 1. The number of nitrogens with zero attached hydrogens (tertiary/aromatic N) is 1. The van der Waals surface area contributed by atoms with Crippen LogP contribution in [0.2, 0.25) is 0 Å². The Morgan fingerprint density at radius 1 is 1.25 bits per heavy atom. The van der Waals surface area contributed by atoms with E-state index < -0.39 is 5.41 Å². The van der Waals surface area contributed by atoms with Gasteiger partial charge in [0.1, 0.15) is 0 Å². The van der Waals surface area contributed by atoms with Crippen molar-refractivity contribution in [2.45, 2.75) is 40.2 Å². The zero-order valence-electron chi connectivity index (χ0n) is 12.9. The first-order valence-corrected chi connectivity index (χ1v) is 7.75. The number of hydrogen-bond acceptors (Lipinski definition) is 2. The van der Waals surface area contributed by atoms with Gasteiger partial charge in [-0.3, -0.25) is 4.79 Å². The van der Waals surface area contributed by atoms with Crippen molar-refractivity contribution >= 4 is 27.5 Å². The first-order valence-electron chi connectivity index (χ1n) is 6.96. The monoisotopic (exact) mass is 338 g/mol. The third-order valence-electron chi connectivity index (χ3n) is 3.85. The average Bonchev–Trinajstić information content (AvgIpc) is 2.43. The molecule has 0 saturated carbocycles.